The quantitative estimate of drug-likeness (QED) is 0.758. The molecule has 4 heteroatoms. The van der Waals surface area contributed by atoms with Gasteiger partial charge in [0.1, 0.15) is 12.8 Å². The number of aromatic nitrogens is 1. The summed E-state index contributed by atoms with van der Waals surface area (Å²) in [6.45, 7) is 6.33. The minimum atomic E-state index is 0.912. The Balaban J connectivity index is 2.28. The van der Waals surface area contributed by atoms with Gasteiger partial charge in [0, 0.05) is 36.5 Å². The molecule has 0 saturated heterocycles. The van der Waals surface area contributed by atoms with Crippen LogP contribution in [0.3, 0.4) is 0 Å². The molecular weight excluding hydrogens is 280 g/mol. The normalized spacial score (nSPS) is 11.0. The molecule has 0 atom stereocenters. The third-order valence-corrected chi connectivity index (χ3v) is 4.50. The highest BCUT2D eigenvalue weighted by Gasteiger charge is 2.08. The molecule has 0 radical (unpaired) electrons. The third-order valence-electron chi connectivity index (χ3n) is 3.57. The minimum absolute atomic E-state index is 0.912. The van der Waals surface area contributed by atoms with Gasteiger partial charge in [-0.05, 0) is 32.1 Å². The molecule has 2 rings (SSSR count). The molecule has 0 unspecified atom stereocenters. The average Bonchev–Trinajstić information content (AvgIpc) is 2.92. The van der Waals surface area contributed by atoms with Gasteiger partial charge in [0.15, 0.2) is 6.20 Å². The predicted octanol–water partition coefficient (Wildman–Crippen LogP) is 3.60. The maximum Gasteiger partial charge on any atom is 0.261 e. The van der Waals surface area contributed by atoms with Gasteiger partial charge in [-0.1, -0.05) is 11.3 Å². The number of hydrogen-bond donors (Lipinski definition) is 0. The van der Waals surface area contributed by atoms with Crippen LogP contribution in [-0.4, -0.2) is 20.2 Å². The highest BCUT2D eigenvalue weighted by atomic mass is 32.1. The summed E-state index contributed by atoms with van der Waals surface area (Å²) >= 11 is 1.72. The first-order valence-electron chi connectivity index (χ1n) is 7.23. The summed E-state index contributed by atoms with van der Waals surface area (Å²) in [5.41, 5.74) is 2.30. The van der Waals surface area contributed by atoms with Crippen LogP contribution in [0.25, 0.3) is 12.2 Å². The largest absolute Gasteiger partial charge is 0.496 e. The number of anilines is 1. The van der Waals surface area contributed by atoms with Crippen LogP contribution in [0.5, 0.6) is 5.75 Å². The molecule has 2 aromatic rings. The molecule has 1 aromatic heterocycles. The Morgan fingerprint density at radius 1 is 1.24 bits per heavy atom. The topological polar surface area (TPSA) is 16.4 Å². The highest BCUT2D eigenvalue weighted by Crippen LogP contribution is 2.27. The Morgan fingerprint density at radius 3 is 2.57 bits per heavy atom. The number of ether oxygens (including phenoxy) is 1. The van der Waals surface area contributed by atoms with Gasteiger partial charge in [-0.25, -0.2) is 0 Å². The zero-order valence-electron chi connectivity index (χ0n) is 13.2. The van der Waals surface area contributed by atoms with Crippen LogP contribution in [0.1, 0.15) is 24.4 Å². The Bertz CT molecular complexity index is 615. The zero-order chi connectivity index (χ0) is 15.2. The van der Waals surface area contributed by atoms with Gasteiger partial charge in [-0.3, -0.25) is 0 Å². The Kier molecular flexibility index (Phi) is 5.39. The first kappa shape index (κ1) is 15.6. The summed E-state index contributed by atoms with van der Waals surface area (Å²) < 4.78 is 7.65. The molecule has 112 valence electrons. The Hall–Kier alpha value is -1.81. The number of hydrogen-bond acceptors (Lipinski definition) is 3. The van der Waals surface area contributed by atoms with Crippen molar-refractivity contribution in [2.75, 3.05) is 25.1 Å². The van der Waals surface area contributed by atoms with Gasteiger partial charge in [0.2, 0.25) is 0 Å². The van der Waals surface area contributed by atoms with Crippen molar-refractivity contribution in [1.29, 1.82) is 0 Å². The molecular formula is C17H23N2OS+. The number of thiazole rings is 1. The van der Waals surface area contributed by atoms with Crippen molar-refractivity contribution in [2.45, 2.75) is 13.8 Å². The van der Waals surface area contributed by atoms with Crippen LogP contribution < -0.4 is 14.2 Å². The van der Waals surface area contributed by atoms with Gasteiger partial charge in [-0.2, -0.15) is 4.57 Å². The molecule has 0 bridgehead atoms. The maximum absolute atomic E-state index is 5.54. The van der Waals surface area contributed by atoms with E-state index in [1.54, 1.807) is 18.4 Å². The van der Waals surface area contributed by atoms with Gasteiger partial charge in [-0.15, -0.1) is 0 Å². The SMILES string of the molecule is CCN(CC)c1ccc(/C=C/c2scc[n+]2C)c(OC)c1. The van der Waals surface area contributed by atoms with E-state index in [1.165, 1.54) is 10.7 Å². The molecule has 21 heavy (non-hydrogen) atoms. The van der Waals surface area contributed by atoms with E-state index in [1.807, 2.05) is 0 Å². The predicted molar refractivity (Wildman–Crippen MR) is 91.0 cm³/mol. The number of nitrogens with zero attached hydrogens (tertiary/aromatic N) is 2. The summed E-state index contributed by atoms with van der Waals surface area (Å²) in [7, 11) is 3.78. The van der Waals surface area contributed by atoms with Gasteiger partial charge >= 0.3 is 0 Å². The molecule has 0 aliphatic carbocycles. The summed E-state index contributed by atoms with van der Waals surface area (Å²) in [4.78, 5) is 2.31. The van der Waals surface area contributed by atoms with Gasteiger partial charge in [0.05, 0.1) is 12.5 Å². The fourth-order valence-corrected chi connectivity index (χ4v) is 3.05. The molecule has 0 fully saturated rings. The average molecular weight is 303 g/mol. The molecule has 3 nitrogen and oxygen atoms in total. The fraction of sp³-hybridized carbons (Fsp3) is 0.353. The van der Waals surface area contributed by atoms with Gasteiger partial charge < -0.3 is 9.64 Å². The van der Waals surface area contributed by atoms with E-state index < -0.39 is 0 Å². The molecule has 1 heterocycles. The summed E-state index contributed by atoms with van der Waals surface area (Å²) in [6.07, 6.45) is 6.29. The lowest BCUT2D eigenvalue weighted by molar-refractivity contribution is -0.668. The lowest BCUT2D eigenvalue weighted by atomic mass is 10.1. The van der Waals surface area contributed by atoms with Crippen molar-refractivity contribution < 1.29 is 9.30 Å². The zero-order valence-corrected chi connectivity index (χ0v) is 14.0. The number of methoxy groups -OCH3 is 1. The molecule has 0 aliphatic heterocycles. The molecule has 1 aromatic carbocycles. The van der Waals surface area contributed by atoms with Crippen molar-refractivity contribution in [1.82, 2.24) is 0 Å². The fourth-order valence-electron chi connectivity index (χ4n) is 2.29. The van der Waals surface area contributed by atoms with E-state index in [-0.39, 0.29) is 0 Å². The summed E-state index contributed by atoms with van der Waals surface area (Å²) in [5.74, 6) is 0.912. The molecule has 0 spiro atoms. The van der Waals surface area contributed by atoms with Crippen LogP contribution >= 0.6 is 11.3 Å². The van der Waals surface area contributed by atoms with E-state index in [0.717, 1.165) is 24.4 Å². The van der Waals surface area contributed by atoms with Crippen LogP contribution in [0.4, 0.5) is 5.69 Å². The van der Waals surface area contributed by atoms with E-state index in [2.05, 4.69) is 72.3 Å². The summed E-state index contributed by atoms with van der Waals surface area (Å²) in [5, 5.41) is 3.30. The minimum Gasteiger partial charge on any atom is -0.496 e. The second-order valence-electron chi connectivity index (χ2n) is 4.78. The van der Waals surface area contributed by atoms with E-state index >= 15 is 0 Å². The van der Waals surface area contributed by atoms with Crippen molar-refractivity contribution in [2.24, 2.45) is 7.05 Å². The van der Waals surface area contributed by atoms with Crippen LogP contribution in [0.2, 0.25) is 0 Å². The number of aryl methyl sites for hydroxylation is 1. The van der Waals surface area contributed by atoms with Crippen molar-refractivity contribution in [3.8, 4) is 5.75 Å². The van der Waals surface area contributed by atoms with Gasteiger partial charge in [0.25, 0.3) is 5.01 Å². The van der Waals surface area contributed by atoms with Crippen LogP contribution in [0, 0.1) is 0 Å². The smallest absolute Gasteiger partial charge is 0.261 e. The standard InChI is InChI=1S/C17H23N2OS/c1-5-19(6-2)15-9-7-14(16(13-15)20-4)8-10-17-18(3)11-12-21-17/h7-13H,5-6H2,1-4H3/q+1. The third kappa shape index (κ3) is 3.64. The van der Waals surface area contributed by atoms with Crippen molar-refractivity contribution in [3.63, 3.8) is 0 Å². The summed E-state index contributed by atoms with van der Waals surface area (Å²) in [6, 6.07) is 6.39. The van der Waals surface area contributed by atoms with Crippen LogP contribution in [0.15, 0.2) is 29.8 Å². The Morgan fingerprint density at radius 2 is 2.00 bits per heavy atom. The molecule has 0 saturated carbocycles. The lowest BCUT2D eigenvalue weighted by Crippen LogP contribution is -2.26. The maximum atomic E-state index is 5.54. The van der Waals surface area contributed by atoms with E-state index in [9.17, 15) is 0 Å². The Labute approximate surface area is 131 Å². The first-order chi connectivity index (χ1) is 10.2. The molecule has 0 amide bonds. The van der Waals surface area contributed by atoms with Crippen LogP contribution in [-0.2, 0) is 7.05 Å². The first-order valence-corrected chi connectivity index (χ1v) is 8.11. The highest BCUT2D eigenvalue weighted by molar-refractivity contribution is 7.10. The van der Waals surface area contributed by atoms with E-state index in [4.69, 9.17) is 4.74 Å². The van der Waals surface area contributed by atoms with Crippen molar-refractivity contribution in [3.05, 3.63) is 40.3 Å². The molecule has 0 aliphatic rings. The van der Waals surface area contributed by atoms with E-state index in [0.29, 0.717) is 0 Å². The van der Waals surface area contributed by atoms with Crippen molar-refractivity contribution >= 4 is 29.2 Å². The number of rotatable bonds is 6. The molecule has 0 N–H and O–H groups in total. The monoisotopic (exact) mass is 303 g/mol. The second-order valence-corrected chi connectivity index (χ2v) is 5.71. The lowest BCUT2D eigenvalue weighted by Gasteiger charge is -2.22. The number of benzene rings is 1. The second kappa shape index (κ2) is 7.27.